The second-order valence-corrected chi connectivity index (χ2v) is 7.40. The third kappa shape index (κ3) is 1.54. The van der Waals surface area contributed by atoms with E-state index < -0.39 is 5.60 Å². The van der Waals surface area contributed by atoms with Gasteiger partial charge in [-0.2, -0.15) is 0 Å². The van der Waals surface area contributed by atoms with Crippen LogP contribution in [0, 0.1) is 23.7 Å². The molecule has 2 nitrogen and oxygen atoms in total. The first kappa shape index (κ1) is 12.2. The van der Waals surface area contributed by atoms with Gasteiger partial charge in [0.1, 0.15) is 0 Å². The molecular weight excluding hydrogens is 258 g/mol. The molecule has 1 N–H and O–H groups in total. The molecule has 0 spiro atoms. The molecule has 0 aliphatic heterocycles. The highest BCUT2D eigenvalue weighted by Crippen LogP contribution is 2.65. The van der Waals surface area contributed by atoms with Crippen LogP contribution in [0.5, 0.6) is 0 Å². The zero-order chi connectivity index (χ0) is 14.0. The van der Waals surface area contributed by atoms with Crippen molar-refractivity contribution in [1.29, 1.82) is 0 Å². The lowest BCUT2D eigenvalue weighted by Gasteiger charge is -2.39. The summed E-state index contributed by atoms with van der Waals surface area (Å²) < 4.78 is 0. The molecule has 2 bridgehead atoms. The minimum Gasteiger partial charge on any atom is -0.385 e. The fourth-order valence-electron chi connectivity index (χ4n) is 5.78. The van der Waals surface area contributed by atoms with E-state index in [0.29, 0.717) is 5.92 Å². The molecule has 1 aromatic carbocycles. The van der Waals surface area contributed by atoms with Gasteiger partial charge in [0.2, 0.25) is 0 Å². The van der Waals surface area contributed by atoms with Gasteiger partial charge in [-0.3, -0.25) is 4.98 Å². The normalized spacial score (nSPS) is 40.8. The molecule has 21 heavy (non-hydrogen) atoms. The zero-order valence-corrected chi connectivity index (χ0v) is 12.2. The lowest BCUT2D eigenvalue weighted by Crippen LogP contribution is -2.38. The highest BCUT2D eigenvalue weighted by molar-refractivity contribution is 5.79. The molecule has 0 radical (unpaired) electrons. The average molecular weight is 279 g/mol. The number of aliphatic hydroxyl groups is 1. The molecule has 1 heterocycles. The minimum atomic E-state index is -0.595. The first-order valence-corrected chi connectivity index (χ1v) is 8.33. The third-order valence-electron chi connectivity index (χ3n) is 6.60. The van der Waals surface area contributed by atoms with Crippen LogP contribution in [-0.2, 0) is 5.60 Å². The highest BCUT2D eigenvalue weighted by Gasteiger charge is 2.60. The number of rotatable bonds is 1. The Morgan fingerprint density at radius 3 is 3.00 bits per heavy atom. The molecule has 108 valence electrons. The second kappa shape index (κ2) is 4.07. The Morgan fingerprint density at radius 2 is 2.05 bits per heavy atom. The van der Waals surface area contributed by atoms with Gasteiger partial charge in [-0.25, -0.2) is 0 Å². The van der Waals surface area contributed by atoms with Crippen LogP contribution < -0.4 is 0 Å². The van der Waals surface area contributed by atoms with E-state index in [1.54, 1.807) is 0 Å². The maximum Gasteiger partial charge on any atom is 0.0930 e. The van der Waals surface area contributed by atoms with Crippen molar-refractivity contribution >= 4 is 10.9 Å². The molecule has 3 aliphatic carbocycles. The van der Waals surface area contributed by atoms with Crippen molar-refractivity contribution in [1.82, 2.24) is 4.98 Å². The number of nitrogens with zero attached hydrogens (tertiary/aromatic N) is 1. The van der Waals surface area contributed by atoms with Crippen LogP contribution in [-0.4, -0.2) is 10.1 Å². The molecule has 5 unspecified atom stereocenters. The van der Waals surface area contributed by atoms with Crippen LogP contribution in [0.3, 0.4) is 0 Å². The van der Waals surface area contributed by atoms with Gasteiger partial charge in [-0.05, 0) is 67.1 Å². The van der Waals surface area contributed by atoms with Crippen molar-refractivity contribution in [3.63, 3.8) is 0 Å². The Kier molecular flexibility index (Phi) is 2.36. The number of hydrogen-bond acceptors (Lipinski definition) is 2. The van der Waals surface area contributed by atoms with Gasteiger partial charge in [0.15, 0.2) is 0 Å². The smallest absolute Gasteiger partial charge is 0.0930 e. The van der Waals surface area contributed by atoms with Crippen molar-refractivity contribution in [3.05, 3.63) is 42.1 Å². The van der Waals surface area contributed by atoms with E-state index in [4.69, 9.17) is 0 Å². The van der Waals surface area contributed by atoms with Gasteiger partial charge in [0.05, 0.1) is 11.1 Å². The Hall–Kier alpha value is -1.41. The summed E-state index contributed by atoms with van der Waals surface area (Å²) in [7, 11) is 0. The summed E-state index contributed by atoms with van der Waals surface area (Å²) >= 11 is 0. The molecule has 0 amide bonds. The largest absolute Gasteiger partial charge is 0.385 e. The molecule has 1 aromatic heterocycles. The van der Waals surface area contributed by atoms with Crippen molar-refractivity contribution in [3.8, 4) is 0 Å². The summed E-state index contributed by atoms with van der Waals surface area (Å²) in [6, 6.07) is 10.4. The van der Waals surface area contributed by atoms with Gasteiger partial charge < -0.3 is 5.11 Å². The fourth-order valence-corrected chi connectivity index (χ4v) is 5.78. The molecule has 2 heteroatoms. The van der Waals surface area contributed by atoms with E-state index in [0.717, 1.165) is 40.6 Å². The van der Waals surface area contributed by atoms with Gasteiger partial charge in [0.25, 0.3) is 0 Å². The summed E-state index contributed by atoms with van der Waals surface area (Å²) in [5.74, 6) is 2.92. The number of fused-ring (bicyclic) bond motifs is 6. The first-order chi connectivity index (χ1) is 10.3. The lowest BCUT2D eigenvalue weighted by molar-refractivity contribution is -0.0511. The molecule has 0 saturated heterocycles. The van der Waals surface area contributed by atoms with Gasteiger partial charge in [0, 0.05) is 11.6 Å². The van der Waals surface area contributed by atoms with Crippen LogP contribution in [0.25, 0.3) is 10.9 Å². The van der Waals surface area contributed by atoms with Gasteiger partial charge in [-0.1, -0.05) is 24.6 Å². The van der Waals surface area contributed by atoms with E-state index in [1.807, 2.05) is 12.3 Å². The van der Waals surface area contributed by atoms with Crippen LogP contribution in [0.2, 0.25) is 0 Å². The van der Waals surface area contributed by atoms with E-state index >= 15 is 0 Å². The van der Waals surface area contributed by atoms with Gasteiger partial charge in [-0.15, -0.1) is 0 Å². The van der Waals surface area contributed by atoms with E-state index in [1.165, 1.54) is 25.7 Å². The van der Waals surface area contributed by atoms with Crippen LogP contribution in [0.4, 0.5) is 0 Å². The molecule has 3 saturated carbocycles. The third-order valence-corrected chi connectivity index (χ3v) is 6.60. The minimum absolute atomic E-state index is 0.483. The summed E-state index contributed by atoms with van der Waals surface area (Å²) in [4.78, 5) is 4.46. The molecule has 5 rings (SSSR count). The average Bonchev–Trinajstić information content (AvgIpc) is 3.18. The maximum absolute atomic E-state index is 11.4. The van der Waals surface area contributed by atoms with Crippen molar-refractivity contribution in [2.75, 3.05) is 0 Å². The number of hydrogen-bond donors (Lipinski definition) is 1. The summed E-state index contributed by atoms with van der Waals surface area (Å²) in [6.45, 7) is 0. The predicted octanol–water partition coefficient (Wildman–Crippen LogP) is 3.88. The standard InChI is InChI=1S/C19H21NO/c21-19(11-13-9-17(19)16-5-1-4-15(13)16)14-7-6-12-3-2-8-20-18(12)10-14/h2-3,6-8,10,13,15-17,21H,1,4-5,9,11H2. The van der Waals surface area contributed by atoms with E-state index in [-0.39, 0.29) is 0 Å². The zero-order valence-electron chi connectivity index (χ0n) is 12.2. The SMILES string of the molecule is OC1(c2ccc3cccnc3c2)CC2CC1C1CCCC21. The Morgan fingerprint density at radius 1 is 1.14 bits per heavy atom. The summed E-state index contributed by atoms with van der Waals surface area (Å²) in [5.41, 5.74) is 1.52. The number of aromatic nitrogens is 1. The maximum atomic E-state index is 11.4. The van der Waals surface area contributed by atoms with E-state index in [2.05, 4.69) is 29.2 Å². The Bertz CT molecular complexity index is 712. The van der Waals surface area contributed by atoms with Gasteiger partial charge >= 0.3 is 0 Å². The molecular formula is C19H21NO. The second-order valence-electron chi connectivity index (χ2n) is 7.40. The molecule has 3 fully saturated rings. The number of pyridine rings is 1. The first-order valence-electron chi connectivity index (χ1n) is 8.33. The topological polar surface area (TPSA) is 33.1 Å². The lowest BCUT2D eigenvalue weighted by atomic mass is 9.70. The number of benzene rings is 1. The van der Waals surface area contributed by atoms with Crippen LogP contribution >= 0.6 is 0 Å². The fraction of sp³-hybridized carbons (Fsp3) is 0.526. The van der Waals surface area contributed by atoms with Crippen LogP contribution in [0.15, 0.2) is 36.5 Å². The molecule has 3 aliphatic rings. The predicted molar refractivity (Wildman–Crippen MR) is 82.7 cm³/mol. The summed E-state index contributed by atoms with van der Waals surface area (Å²) in [5, 5.41) is 12.6. The highest BCUT2D eigenvalue weighted by atomic mass is 16.3. The Labute approximate surface area is 125 Å². The van der Waals surface area contributed by atoms with Crippen LogP contribution in [0.1, 0.15) is 37.7 Å². The van der Waals surface area contributed by atoms with Crippen molar-refractivity contribution in [2.45, 2.75) is 37.7 Å². The molecule has 5 atom stereocenters. The molecule has 2 aromatic rings. The van der Waals surface area contributed by atoms with Crippen molar-refractivity contribution < 1.29 is 5.11 Å². The van der Waals surface area contributed by atoms with E-state index in [9.17, 15) is 5.11 Å². The monoisotopic (exact) mass is 279 g/mol. The quantitative estimate of drug-likeness (QED) is 0.859. The van der Waals surface area contributed by atoms with Crippen molar-refractivity contribution in [2.24, 2.45) is 23.7 Å². The summed E-state index contributed by atoms with van der Waals surface area (Å²) in [6.07, 6.45) is 8.16. The Balaban J connectivity index is 1.59.